The van der Waals surface area contributed by atoms with Crippen molar-refractivity contribution in [2.45, 2.75) is 37.1 Å². The number of aromatic hydroxyl groups is 1. The van der Waals surface area contributed by atoms with Crippen molar-refractivity contribution >= 4 is 10.0 Å². The summed E-state index contributed by atoms with van der Waals surface area (Å²) in [5, 5.41) is 10.4. The Bertz CT molecular complexity index is 1320. The Hall–Kier alpha value is -3.27. The number of nitrogens with one attached hydrogen (secondary N) is 1. The van der Waals surface area contributed by atoms with E-state index in [1.54, 1.807) is 51.5 Å². The molecular weight excluding hydrogens is 492 g/mol. The van der Waals surface area contributed by atoms with Crippen molar-refractivity contribution in [2.24, 2.45) is 0 Å². The van der Waals surface area contributed by atoms with E-state index in [-0.39, 0.29) is 11.7 Å². The summed E-state index contributed by atoms with van der Waals surface area (Å²) < 4.78 is 45.0. The van der Waals surface area contributed by atoms with Gasteiger partial charge in [0.05, 0.1) is 19.1 Å². The van der Waals surface area contributed by atoms with Crippen LogP contribution in [-0.2, 0) is 16.6 Å². The van der Waals surface area contributed by atoms with Gasteiger partial charge in [-0.15, -0.1) is 0 Å². The number of piperidine rings is 1. The minimum absolute atomic E-state index is 0.0563. The van der Waals surface area contributed by atoms with Crippen LogP contribution in [0, 0.1) is 0 Å². The van der Waals surface area contributed by atoms with E-state index in [0.717, 1.165) is 37.1 Å². The lowest BCUT2D eigenvalue weighted by Crippen LogP contribution is -2.33. The van der Waals surface area contributed by atoms with Gasteiger partial charge in [0.2, 0.25) is 10.0 Å². The summed E-state index contributed by atoms with van der Waals surface area (Å²) in [4.78, 5) is 2.65. The fourth-order valence-corrected chi connectivity index (χ4v) is 6.02. The predicted molar refractivity (Wildman–Crippen MR) is 142 cm³/mol. The van der Waals surface area contributed by atoms with Crippen LogP contribution in [0.5, 0.6) is 28.7 Å². The smallest absolute Gasteiger partial charge is 0.240 e. The summed E-state index contributed by atoms with van der Waals surface area (Å²) in [5.74, 6) is 2.30. The Morgan fingerprint density at radius 2 is 1.68 bits per heavy atom. The summed E-state index contributed by atoms with van der Waals surface area (Å²) in [5.41, 5.74) is 1.81. The van der Waals surface area contributed by atoms with Crippen molar-refractivity contribution in [1.82, 2.24) is 9.62 Å². The van der Waals surface area contributed by atoms with E-state index in [4.69, 9.17) is 14.2 Å². The zero-order valence-electron chi connectivity index (χ0n) is 21.4. The molecule has 0 unspecified atom stereocenters. The molecule has 3 aromatic rings. The SMILES string of the molecule is CCNS(=O)(=O)c1ccc(OC)cc1C1CCN(Cc2ccc(O)c(Oc3ccccc3OC)c2)CC1. The number of ether oxygens (including phenoxy) is 3. The average Bonchev–Trinajstić information content (AvgIpc) is 2.91. The van der Waals surface area contributed by atoms with E-state index in [1.165, 1.54) is 0 Å². The van der Waals surface area contributed by atoms with Crippen molar-refractivity contribution < 1.29 is 27.7 Å². The molecule has 2 N–H and O–H groups in total. The van der Waals surface area contributed by atoms with Crippen molar-refractivity contribution in [3.63, 3.8) is 0 Å². The Labute approximate surface area is 218 Å². The molecule has 3 aromatic carbocycles. The molecule has 37 heavy (non-hydrogen) atoms. The number of benzene rings is 3. The molecule has 0 atom stereocenters. The second-order valence-electron chi connectivity index (χ2n) is 9.01. The van der Waals surface area contributed by atoms with Gasteiger partial charge in [0.1, 0.15) is 5.75 Å². The van der Waals surface area contributed by atoms with Gasteiger partial charge in [-0.2, -0.15) is 0 Å². The van der Waals surface area contributed by atoms with Crippen molar-refractivity contribution in [3.8, 4) is 28.7 Å². The molecule has 0 aliphatic carbocycles. The first-order valence-electron chi connectivity index (χ1n) is 12.4. The lowest BCUT2D eigenvalue weighted by atomic mass is 9.89. The van der Waals surface area contributed by atoms with Gasteiger partial charge in [0.25, 0.3) is 0 Å². The van der Waals surface area contributed by atoms with Crippen molar-refractivity contribution in [1.29, 1.82) is 0 Å². The molecular formula is C28H34N2O6S. The minimum atomic E-state index is -3.58. The van der Waals surface area contributed by atoms with Gasteiger partial charge in [0.15, 0.2) is 23.0 Å². The highest BCUT2D eigenvalue weighted by Gasteiger charge is 2.27. The third-order valence-corrected chi connectivity index (χ3v) is 8.21. The number of likely N-dealkylation sites (tertiary alicyclic amines) is 1. The van der Waals surface area contributed by atoms with E-state index in [0.29, 0.717) is 41.0 Å². The van der Waals surface area contributed by atoms with Crippen molar-refractivity contribution in [2.75, 3.05) is 33.9 Å². The van der Waals surface area contributed by atoms with E-state index in [9.17, 15) is 13.5 Å². The molecule has 1 saturated heterocycles. The molecule has 0 saturated carbocycles. The van der Waals surface area contributed by atoms with Crippen LogP contribution in [0.15, 0.2) is 65.6 Å². The van der Waals surface area contributed by atoms with Crippen molar-refractivity contribution in [3.05, 3.63) is 71.8 Å². The molecule has 0 bridgehead atoms. The largest absolute Gasteiger partial charge is 0.504 e. The third-order valence-electron chi connectivity index (χ3n) is 6.59. The first-order valence-corrected chi connectivity index (χ1v) is 13.9. The minimum Gasteiger partial charge on any atom is -0.504 e. The van der Waals surface area contributed by atoms with Gasteiger partial charge in [-0.05, 0) is 85.4 Å². The first-order chi connectivity index (χ1) is 17.8. The number of para-hydroxylation sites is 2. The van der Waals surface area contributed by atoms with Crippen LogP contribution in [0.4, 0.5) is 0 Å². The number of sulfonamides is 1. The second kappa shape index (κ2) is 11.9. The van der Waals surface area contributed by atoms with Gasteiger partial charge in [-0.1, -0.05) is 25.1 Å². The molecule has 4 rings (SSSR count). The van der Waals surface area contributed by atoms with Crippen LogP contribution in [0.3, 0.4) is 0 Å². The topological polar surface area (TPSA) is 97.3 Å². The Kier molecular flexibility index (Phi) is 8.58. The van der Waals surface area contributed by atoms with Gasteiger partial charge in [-0.3, -0.25) is 4.90 Å². The number of phenolic OH excluding ortho intramolecular Hbond substituents is 1. The Morgan fingerprint density at radius 1 is 0.946 bits per heavy atom. The predicted octanol–water partition coefficient (Wildman–Crippen LogP) is 4.88. The number of hydrogen-bond acceptors (Lipinski definition) is 7. The van der Waals surface area contributed by atoms with Crippen LogP contribution in [0.2, 0.25) is 0 Å². The van der Waals surface area contributed by atoms with Gasteiger partial charge in [0, 0.05) is 13.1 Å². The number of nitrogens with zero attached hydrogens (tertiary/aromatic N) is 1. The molecule has 198 valence electrons. The standard InChI is InChI=1S/C28H34N2O6S/c1-4-29-37(32,33)28-12-10-22(34-2)18-23(28)21-13-15-30(16-14-21)19-20-9-11-24(31)27(17-20)36-26-8-6-5-7-25(26)35-3/h5-12,17-18,21,29,31H,4,13-16,19H2,1-3H3. The number of rotatable bonds is 10. The van der Waals surface area contributed by atoms with Gasteiger partial charge in [-0.25, -0.2) is 13.1 Å². The van der Waals surface area contributed by atoms with E-state index < -0.39 is 10.0 Å². The maximum Gasteiger partial charge on any atom is 0.240 e. The highest BCUT2D eigenvalue weighted by molar-refractivity contribution is 7.89. The monoisotopic (exact) mass is 526 g/mol. The van der Waals surface area contributed by atoms with Crippen LogP contribution in [-0.4, -0.2) is 52.3 Å². The Balaban J connectivity index is 1.46. The third kappa shape index (κ3) is 6.36. The summed E-state index contributed by atoms with van der Waals surface area (Å²) in [6, 6.07) is 17.9. The number of hydrogen-bond donors (Lipinski definition) is 2. The molecule has 9 heteroatoms. The first kappa shape index (κ1) is 26.8. The lowest BCUT2D eigenvalue weighted by molar-refractivity contribution is 0.203. The van der Waals surface area contributed by atoms with Crippen LogP contribution >= 0.6 is 0 Å². The number of phenols is 1. The van der Waals surface area contributed by atoms with Gasteiger partial charge < -0.3 is 19.3 Å². The summed E-state index contributed by atoms with van der Waals surface area (Å²) >= 11 is 0. The highest BCUT2D eigenvalue weighted by atomic mass is 32.2. The zero-order chi connectivity index (χ0) is 26.4. The summed E-state index contributed by atoms with van der Waals surface area (Å²) in [6.45, 7) is 4.42. The van der Waals surface area contributed by atoms with Crippen LogP contribution in [0.25, 0.3) is 0 Å². The molecule has 0 radical (unpaired) electrons. The molecule has 1 aliphatic rings. The molecule has 0 aromatic heterocycles. The quantitative estimate of drug-likeness (QED) is 0.389. The molecule has 1 aliphatic heterocycles. The van der Waals surface area contributed by atoms with E-state index in [1.807, 2.05) is 30.3 Å². The average molecular weight is 527 g/mol. The van der Waals surface area contributed by atoms with Crippen LogP contribution in [0.1, 0.15) is 36.8 Å². The molecule has 1 heterocycles. The normalized spacial score (nSPS) is 14.9. The second-order valence-corrected chi connectivity index (χ2v) is 10.7. The Morgan fingerprint density at radius 3 is 2.35 bits per heavy atom. The maximum atomic E-state index is 12.8. The van der Waals surface area contributed by atoms with Crippen LogP contribution < -0.4 is 18.9 Å². The molecule has 0 spiro atoms. The molecule has 8 nitrogen and oxygen atoms in total. The zero-order valence-corrected chi connectivity index (χ0v) is 22.3. The van der Waals surface area contributed by atoms with Gasteiger partial charge >= 0.3 is 0 Å². The maximum absolute atomic E-state index is 12.8. The molecule has 0 amide bonds. The lowest BCUT2D eigenvalue weighted by Gasteiger charge is -2.33. The number of methoxy groups -OCH3 is 2. The van der Waals surface area contributed by atoms with E-state index in [2.05, 4.69) is 9.62 Å². The fourth-order valence-electron chi connectivity index (χ4n) is 4.71. The van der Waals surface area contributed by atoms with E-state index >= 15 is 0 Å². The highest BCUT2D eigenvalue weighted by Crippen LogP contribution is 2.38. The fraction of sp³-hybridized carbons (Fsp3) is 0.357. The summed E-state index contributed by atoms with van der Waals surface area (Å²) in [6.07, 6.45) is 1.65. The molecule has 1 fully saturated rings. The summed E-state index contributed by atoms with van der Waals surface area (Å²) in [7, 11) is -0.420.